The molecular formula is C11H15NO6. The van der Waals surface area contributed by atoms with E-state index in [4.69, 9.17) is 19.3 Å². The number of carbonyl (C=O) groups excluding carboxylic acids is 1. The van der Waals surface area contributed by atoms with Gasteiger partial charge in [-0.3, -0.25) is 4.79 Å². The Bertz CT molecular complexity index is 385. The first-order valence-corrected chi connectivity index (χ1v) is 5.60. The second kappa shape index (κ2) is 4.85. The summed E-state index contributed by atoms with van der Waals surface area (Å²) in [5.41, 5.74) is -0.593. The van der Waals surface area contributed by atoms with Gasteiger partial charge < -0.3 is 24.2 Å². The Balaban J connectivity index is 1.82. The van der Waals surface area contributed by atoms with Crippen LogP contribution in [0.25, 0.3) is 0 Å². The first-order chi connectivity index (χ1) is 8.50. The third-order valence-corrected chi connectivity index (χ3v) is 2.74. The Hall–Kier alpha value is -1.76. The van der Waals surface area contributed by atoms with E-state index in [0.29, 0.717) is 26.3 Å². The summed E-state index contributed by atoms with van der Waals surface area (Å²) in [5.74, 6) is -1.10. The van der Waals surface area contributed by atoms with Gasteiger partial charge in [-0.05, 0) is 6.92 Å². The predicted octanol–water partition coefficient (Wildman–Crippen LogP) is -0.423. The van der Waals surface area contributed by atoms with Crippen LogP contribution in [0.15, 0.2) is 12.0 Å². The Kier molecular flexibility index (Phi) is 3.42. The molecule has 0 atom stereocenters. The lowest BCUT2D eigenvalue weighted by Gasteiger charge is -2.47. The third kappa shape index (κ3) is 2.73. The number of rotatable bonds is 4. The van der Waals surface area contributed by atoms with E-state index in [2.05, 4.69) is 0 Å². The lowest BCUT2D eigenvalue weighted by Crippen LogP contribution is -2.63. The number of hydrogen-bond donors (Lipinski definition) is 1. The van der Waals surface area contributed by atoms with Gasteiger partial charge in [0.1, 0.15) is 31.7 Å². The van der Waals surface area contributed by atoms with Gasteiger partial charge in [-0.25, -0.2) is 4.79 Å². The molecule has 7 heteroatoms. The van der Waals surface area contributed by atoms with Crippen molar-refractivity contribution in [3.63, 3.8) is 0 Å². The minimum Gasteiger partial charge on any atom is -0.494 e. The summed E-state index contributed by atoms with van der Waals surface area (Å²) in [6.45, 7) is 2.90. The summed E-state index contributed by atoms with van der Waals surface area (Å²) in [6.07, 6.45) is 1.31. The smallest absolute Gasteiger partial charge is 0.329 e. The fraction of sp³-hybridized carbons (Fsp3) is 0.636. The molecule has 0 aromatic carbocycles. The van der Waals surface area contributed by atoms with Gasteiger partial charge in [0.25, 0.3) is 5.91 Å². The normalized spacial score (nSPS) is 21.2. The minimum absolute atomic E-state index is 0.182. The molecule has 0 aliphatic carbocycles. The zero-order valence-electron chi connectivity index (χ0n) is 10.0. The zero-order chi connectivity index (χ0) is 13.2. The molecule has 0 aromatic heterocycles. The van der Waals surface area contributed by atoms with Gasteiger partial charge in [0.05, 0.1) is 13.1 Å². The number of carbonyl (C=O) groups is 2. The van der Waals surface area contributed by atoms with Crippen molar-refractivity contribution in [2.75, 3.05) is 32.9 Å². The molecule has 0 radical (unpaired) electrons. The highest BCUT2D eigenvalue weighted by molar-refractivity contribution is 5.92. The predicted molar refractivity (Wildman–Crippen MR) is 58.6 cm³/mol. The van der Waals surface area contributed by atoms with Crippen molar-refractivity contribution >= 4 is 11.9 Å². The fourth-order valence-electron chi connectivity index (χ4n) is 1.87. The van der Waals surface area contributed by atoms with Crippen molar-refractivity contribution in [3.8, 4) is 0 Å². The van der Waals surface area contributed by atoms with Crippen molar-refractivity contribution < 1.29 is 28.9 Å². The van der Waals surface area contributed by atoms with Crippen molar-refractivity contribution in [2.24, 2.45) is 0 Å². The second-order valence-electron chi connectivity index (χ2n) is 4.49. The van der Waals surface area contributed by atoms with Gasteiger partial charge in [0.2, 0.25) is 5.76 Å². The topological polar surface area (TPSA) is 85.3 Å². The number of ether oxygens (including phenoxy) is 3. The molecular weight excluding hydrogens is 242 g/mol. The van der Waals surface area contributed by atoms with Crippen molar-refractivity contribution in [1.82, 2.24) is 4.90 Å². The van der Waals surface area contributed by atoms with Crippen molar-refractivity contribution in [1.29, 1.82) is 0 Å². The molecule has 1 fully saturated rings. The van der Waals surface area contributed by atoms with E-state index in [-0.39, 0.29) is 18.3 Å². The van der Waals surface area contributed by atoms with E-state index in [1.165, 1.54) is 11.2 Å². The van der Waals surface area contributed by atoms with E-state index < -0.39 is 11.6 Å². The minimum atomic E-state index is -1.02. The SMILES string of the molecule is CC1(OCC(=O)O)CN(C(=O)C2=COCCO2)C1. The van der Waals surface area contributed by atoms with Crippen LogP contribution in [0.1, 0.15) is 6.92 Å². The van der Waals surface area contributed by atoms with Gasteiger partial charge in [-0.1, -0.05) is 0 Å². The zero-order valence-corrected chi connectivity index (χ0v) is 10.0. The van der Waals surface area contributed by atoms with Crippen LogP contribution in [0.2, 0.25) is 0 Å². The van der Waals surface area contributed by atoms with E-state index in [0.717, 1.165) is 0 Å². The Morgan fingerprint density at radius 3 is 2.78 bits per heavy atom. The lowest BCUT2D eigenvalue weighted by atomic mass is 9.96. The van der Waals surface area contributed by atoms with Crippen LogP contribution in [0.4, 0.5) is 0 Å². The van der Waals surface area contributed by atoms with Crippen LogP contribution in [0.5, 0.6) is 0 Å². The molecule has 0 bridgehead atoms. The highest BCUT2D eigenvalue weighted by Gasteiger charge is 2.44. The largest absolute Gasteiger partial charge is 0.494 e. The van der Waals surface area contributed by atoms with Crippen LogP contribution < -0.4 is 0 Å². The molecule has 100 valence electrons. The van der Waals surface area contributed by atoms with Gasteiger partial charge in [-0.15, -0.1) is 0 Å². The standard InChI is InChI=1S/C11H15NO6/c1-11(18-5-9(13)14)6-12(7-11)10(15)8-4-16-2-3-17-8/h4H,2-3,5-7H2,1H3,(H,13,14). The highest BCUT2D eigenvalue weighted by Crippen LogP contribution is 2.26. The number of carboxylic acid groups (broad SMARTS) is 1. The molecule has 1 N–H and O–H groups in total. The molecule has 18 heavy (non-hydrogen) atoms. The maximum atomic E-state index is 11.9. The van der Waals surface area contributed by atoms with Crippen LogP contribution in [-0.4, -0.2) is 60.4 Å². The van der Waals surface area contributed by atoms with E-state index >= 15 is 0 Å². The molecule has 1 saturated heterocycles. The summed E-state index contributed by atoms with van der Waals surface area (Å²) in [6, 6.07) is 0. The molecule has 1 amide bonds. The lowest BCUT2D eigenvalue weighted by molar-refractivity contribution is -0.173. The molecule has 2 rings (SSSR count). The van der Waals surface area contributed by atoms with Gasteiger partial charge in [0.15, 0.2) is 0 Å². The van der Waals surface area contributed by atoms with E-state index in [1.807, 2.05) is 0 Å². The van der Waals surface area contributed by atoms with Gasteiger partial charge in [0, 0.05) is 0 Å². The number of likely N-dealkylation sites (tertiary alicyclic amines) is 1. The number of nitrogens with zero attached hydrogens (tertiary/aromatic N) is 1. The van der Waals surface area contributed by atoms with Crippen LogP contribution in [0.3, 0.4) is 0 Å². The summed E-state index contributed by atoms with van der Waals surface area (Å²) in [4.78, 5) is 23.8. The van der Waals surface area contributed by atoms with E-state index in [1.54, 1.807) is 6.92 Å². The van der Waals surface area contributed by atoms with Crippen LogP contribution >= 0.6 is 0 Å². The Morgan fingerprint density at radius 2 is 2.22 bits per heavy atom. The second-order valence-corrected chi connectivity index (χ2v) is 4.49. The number of carboxylic acids is 1. The Labute approximate surface area is 104 Å². The molecule has 2 heterocycles. The first kappa shape index (κ1) is 12.7. The summed E-state index contributed by atoms with van der Waals surface area (Å²) >= 11 is 0. The number of aliphatic carboxylic acids is 1. The third-order valence-electron chi connectivity index (χ3n) is 2.74. The number of hydrogen-bond acceptors (Lipinski definition) is 5. The first-order valence-electron chi connectivity index (χ1n) is 5.60. The Morgan fingerprint density at radius 1 is 1.50 bits per heavy atom. The molecule has 0 unspecified atom stereocenters. The summed E-state index contributed by atoms with van der Waals surface area (Å²) < 4.78 is 15.4. The fourth-order valence-corrected chi connectivity index (χ4v) is 1.87. The number of amides is 1. The monoisotopic (exact) mass is 257 g/mol. The molecule has 2 aliphatic rings. The average Bonchev–Trinajstić information content (AvgIpc) is 2.33. The quantitative estimate of drug-likeness (QED) is 0.736. The molecule has 2 aliphatic heterocycles. The average molecular weight is 257 g/mol. The molecule has 0 saturated carbocycles. The molecule has 0 aromatic rings. The van der Waals surface area contributed by atoms with Crippen LogP contribution in [0, 0.1) is 0 Å². The van der Waals surface area contributed by atoms with Crippen molar-refractivity contribution in [3.05, 3.63) is 12.0 Å². The maximum absolute atomic E-state index is 11.9. The summed E-state index contributed by atoms with van der Waals surface area (Å²) in [5, 5.41) is 8.52. The maximum Gasteiger partial charge on any atom is 0.329 e. The highest BCUT2D eigenvalue weighted by atomic mass is 16.6. The van der Waals surface area contributed by atoms with Crippen molar-refractivity contribution in [2.45, 2.75) is 12.5 Å². The van der Waals surface area contributed by atoms with Gasteiger partial charge >= 0.3 is 5.97 Å². The van der Waals surface area contributed by atoms with E-state index in [9.17, 15) is 9.59 Å². The van der Waals surface area contributed by atoms with Gasteiger partial charge in [-0.2, -0.15) is 0 Å². The van der Waals surface area contributed by atoms with Crippen LogP contribution in [-0.2, 0) is 23.8 Å². The summed E-state index contributed by atoms with van der Waals surface area (Å²) in [7, 11) is 0. The molecule has 7 nitrogen and oxygen atoms in total. The molecule has 0 spiro atoms.